The predicted molar refractivity (Wildman–Crippen MR) is 98.4 cm³/mol. The van der Waals surface area contributed by atoms with Crippen LogP contribution < -0.4 is 0 Å². The zero-order valence-electron chi connectivity index (χ0n) is 14.4. The van der Waals surface area contributed by atoms with E-state index in [-0.39, 0.29) is 16.8 Å². The van der Waals surface area contributed by atoms with Crippen molar-refractivity contribution in [3.8, 4) is 0 Å². The first kappa shape index (κ1) is 17.7. The fourth-order valence-electron chi connectivity index (χ4n) is 3.38. The summed E-state index contributed by atoms with van der Waals surface area (Å²) < 4.78 is 23.2. The van der Waals surface area contributed by atoms with Crippen molar-refractivity contribution in [2.45, 2.75) is 36.6 Å². The average Bonchev–Trinajstić information content (AvgIpc) is 2.62. The largest absolute Gasteiger partial charge is 0.335 e. The maximum atomic E-state index is 12.9. The molecule has 1 aliphatic heterocycles. The molecule has 1 fully saturated rings. The van der Waals surface area contributed by atoms with Gasteiger partial charge in [-0.1, -0.05) is 30.3 Å². The number of hydrogen-bond acceptors (Lipinski definition) is 3. The van der Waals surface area contributed by atoms with E-state index < -0.39 is 9.84 Å². The molecule has 1 aliphatic rings. The van der Waals surface area contributed by atoms with E-state index in [1.54, 1.807) is 12.1 Å². The lowest BCUT2D eigenvalue weighted by molar-refractivity contribution is 0.0613. The lowest BCUT2D eigenvalue weighted by Gasteiger charge is -2.36. The Labute approximate surface area is 149 Å². The van der Waals surface area contributed by atoms with E-state index in [1.165, 1.54) is 24.0 Å². The third-order valence-electron chi connectivity index (χ3n) is 4.73. The summed E-state index contributed by atoms with van der Waals surface area (Å²) in [6, 6.07) is 16.7. The van der Waals surface area contributed by atoms with Crippen molar-refractivity contribution in [3.05, 3.63) is 65.7 Å². The molecule has 1 saturated heterocycles. The summed E-state index contributed by atoms with van der Waals surface area (Å²) in [7, 11) is -3.25. The Balaban J connectivity index is 1.78. The first-order valence-electron chi connectivity index (χ1n) is 8.60. The van der Waals surface area contributed by atoms with E-state index in [0.29, 0.717) is 5.56 Å². The van der Waals surface area contributed by atoms with Crippen LogP contribution in [0.2, 0.25) is 0 Å². The minimum atomic E-state index is -3.25. The quantitative estimate of drug-likeness (QED) is 0.843. The number of nitrogens with zero attached hydrogens (tertiary/aromatic N) is 1. The second-order valence-electron chi connectivity index (χ2n) is 6.63. The fraction of sp³-hybridized carbons (Fsp3) is 0.350. The van der Waals surface area contributed by atoms with Crippen LogP contribution in [0.25, 0.3) is 0 Å². The molecule has 4 nitrogen and oxygen atoms in total. The third-order valence-corrected chi connectivity index (χ3v) is 5.86. The molecule has 0 bridgehead atoms. The minimum absolute atomic E-state index is 0.0133. The van der Waals surface area contributed by atoms with Crippen LogP contribution in [0.4, 0.5) is 0 Å². The molecule has 0 aliphatic carbocycles. The summed E-state index contributed by atoms with van der Waals surface area (Å²) in [5.74, 6) is -0.0133. The summed E-state index contributed by atoms with van der Waals surface area (Å²) in [4.78, 5) is 15.1. The predicted octanol–water partition coefficient (Wildman–Crippen LogP) is 3.33. The Morgan fingerprint density at radius 2 is 1.72 bits per heavy atom. The third kappa shape index (κ3) is 4.28. The summed E-state index contributed by atoms with van der Waals surface area (Å²) >= 11 is 0. The van der Waals surface area contributed by atoms with Gasteiger partial charge in [0.15, 0.2) is 9.84 Å². The standard InChI is InChI=1S/C20H23NO3S/c1-25(23,24)19-12-10-17(11-13-19)20(22)21-14-6-5-9-18(21)15-16-7-3-2-4-8-16/h2-4,7-8,10-13,18H,5-6,9,14-15H2,1H3/t18-/m1/s1. The van der Waals surface area contributed by atoms with E-state index >= 15 is 0 Å². The van der Waals surface area contributed by atoms with E-state index in [2.05, 4.69) is 12.1 Å². The van der Waals surface area contributed by atoms with Gasteiger partial charge in [-0.2, -0.15) is 0 Å². The van der Waals surface area contributed by atoms with Crippen molar-refractivity contribution in [2.24, 2.45) is 0 Å². The van der Waals surface area contributed by atoms with Gasteiger partial charge in [0.1, 0.15) is 0 Å². The summed E-state index contributed by atoms with van der Waals surface area (Å²) in [5, 5.41) is 0. The molecule has 2 aromatic rings. The summed E-state index contributed by atoms with van der Waals surface area (Å²) in [6.07, 6.45) is 5.17. The van der Waals surface area contributed by atoms with Gasteiger partial charge in [-0.3, -0.25) is 4.79 Å². The van der Waals surface area contributed by atoms with Gasteiger partial charge in [0.05, 0.1) is 4.90 Å². The summed E-state index contributed by atoms with van der Waals surface area (Å²) in [6.45, 7) is 0.754. The second-order valence-corrected chi connectivity index (χ2v) is 8.65. The van der Waals surface area contributed by atoms with E-state index in [1.807, 2.05) is 23.1 Å². The number of sulfone groups is 1. The Morgan fingerprint density at radius 3 is 2.36 bits per heavy atom. The van der Waals surface area contributed by atoms with Crippen molar-refractivity contribution < 1.29 is 13.2 Å². The van der Waals surface area contributed by atoms with Gasteiger partial charge in [-0.25, -0.2) is 8.42 Å². The molecule has 0 radical (unpaired) electrons. The van der Waals surface area contributed by atoms with E-state index in [9.17, 15) is 13.2 Å². The van der Waals surface area contributed by atoms with Crippen LogP contribution in [-0.4, -0.2) is 38.1 Å². The van der Waals surface area contributed by atoms with E-state index in [0.717, 1.165) is 32.2 Å². The monoisotopic (exact) mass is 357 g/mol. The Hall–Kier alpha value is -2.14. The fourth-order valence-corrected chi connectivity index (χ4v) is 4.01. The average molecular weight is 357 g/mol. The highest BCUT2D eigenvalue weighted by atomic mass is 32.2. The first-order chi connectivity index (χ1) is 11.9. The van der Waals surface area contributed by atoms with Gasteiger partial charge in [-0.05, 0) is 55.5 Å². The smallest absolute Gasteiger partial charge is 0.254 e. The highest BCUT2D eigenvalue weighted by molar-refractivity contribution is 7.90. The molecule has 0 aromatic heterocycles. The molecule has 1 amide bonds. The van der Waals surface area contributed by atoms with Crippen LogP contribution in [0.15, 0.2) is 59.5 Å². The number of benzene rings is 2. The molecule has 0 N–H and O–H groups in total. The lowest BCUT2D eigenvalue weighted by Crippen LogP contribution is -2.44. The molecule has 2 aromatic carbocycles. The maximum Gasteiger partial charge on any atom is 0.254 e. The summed E-state index contributed by atoms with van der Waals surface area (Å²) in [5.41, 5.74) is 1.78. The molecule has 25 heavy (non-hydrogen) atoms. The van der Waals surface area contributed by atoms with Gasteiger partial charge < -0.3 is 4.90 Å². The number of rotatable bonds is 4. The normalized spacial score (nSPS) is 18.1. The minimum Gasteiger partial charge on any atom is -0.335 e. The van der Waals surface area contributed by atoms with Gasteiger partial charge in [0, 0.05) is 24.4 Å². The highest BCUT2D eigenvalue weighted by Crippen LogP contribution is 2.23. The van der Waals surface area contributed by atoms with Crippen molar-refractivity contribution >= 4 is 15.7 Å². The van der Waals surface area contributed by atoms with Crippen molar-refractivity contribution in [1.29, 1.82) is 0 Å². The van der Waals surface area contributed by atoms with Crippen LogP contribution in [-0.2, 0) is 16.3 Å². The number of carbonyl (C=O) groups is 1. The number of hydrogen-bond donors (Lipinski definition) is 0. The van der Waals surface area contributed by atoms with Gasteiger partial charge in [0.25, 0.3) is 5.91 Å². The van der Waals surface area contributed by atoms with Crippen LogP contribution in [0.3, 0.4) is 0 Å². The highest BCUT2D eigenvalue weighted by Gasteiger charge is 2.27. The molecule has 132 valence electrons. The lowest BCUT2D eigenvalue weighted by atomic mass is 9.95. The maximum absolute atomic E-state index is 12.9. The first-order valence-corrected chi connectivity index (χ1v) is 10.5. The SMILES string of the molecule is CS(=O)(=O)c1ccc(C(=O)N2CCCC[C@@H]2Cc2ccccc2)cc1. The Bertz CT molecular complexity index is 829. The zero-order chi connectivity index (χ0) is 17.9. The van der Waals surface area contributed by atoms with Gasteiger partial charge >= 0.3 is 0 Å². The molecule has 0 saturated carbocycles. The Morgan fingerprint density at radius 1 is 1.04 bits per heavy atom. The van der Waals surface area contributed by atoms with Crippen LogP contribution in [0.5, 0.6) is 0 Å². The molecule has 1 heterocycles. The number of carbonyl (C=O) groups excluding carboxylic acids is 1. The molecule has 3 rings (SSSR count). The number of amides is 1. The molecular formula is C20H23NO3S. The Kier molecular flexibility index (Phi) is 5.23. The number of likely N-dealkylation sites (tertiary alicyclic amines) is 1. The second kappa shape index (κ2) is 7.40. The van der Waals surface area contributed by atoms with Gasteiger partial charge in [-0.15, -0.1) is 0 Å². The van der Waals surface area contributed by atoms with E-state index in [4.69, 9.17) is 0 Å². The number of piperidine rings is 1. The van der Waals surface area contributed by atoms with Crippen LogP contribution in [0.1, 0.15) is 35.2 Å². The van der Waals surface area contributed by atoms with Crippen LogP contribution in [0, 0.1) is 0 Å². The molecule has 0 unspecified atom stereocenters. The topological polar surface area (TPSA) is 54.5 Å². The zero-order valence-corrected chi connectivity index (χ0v) is 15.2. The molecule has 0 spiro atoms. The van der Waals surface area contributed by atoms with Crippen molar-refractivity contribution in [3.63, 3.8) is 0 Å². The molecule has 5 heteroatoms. The molecular weight excluding hydrogens is 334 g/mol. The van der Waals surface area contributed by atoms with Crippen LogP contribution >= 0.6 is 0 Å². The van der Waals surface area contributed by atoms with Crippen molar-refractivity contribution in [1.82, 2.24) is 4.90 Å². The van der Waals surface area contributed by atoms with Crippen molar-refractivity contribution in [2.75, 3.05) is 12.8 Å². The molecule has 1 atom stereocenters. The van der Waals surface area contributed by atoms with Gasteiger partial charge in [0.2, 0.25) is 0 Å².